The number of carbonyl (C=O) groups excluding carboxylic acids is 4. The maximum absolute atomic E-state index is 13.0. The Morgan fingerprint density at radius 3 is 1.13 bits per heavy atom. The number of nitrogens with one attached hydrogen (secondary N) is 2. The van der Waals surface area contributed by atoms with Crippen LogP contribution in [0.4, 0.5) is 0 Å². The standard InChI is InChI=1S/C22H16Cl2N4O8S2/c23-37(33,34)11-5-1-9(2-6-11)15-13-17(21(31)25-19(13)29)28-16(10-3-7-12(8-4-10)38(24,35)36)14-18(27(15)28)22(32)26-20(14)30/h1-8,13-18H,(H,25,29,31)(H,26,30,32). The summed E-state index contributed by atoms with van der Waals surface area (Å²) in [4.78, 5) is 51.7. The van der Waals surface area contributed by atoms with E-state index >= 15 is 0 Å². The van der Waals surface area contributed by atoms with Crippen LogP contribution in [0.3, 0.4) is 0 Å². The lowest BCUT2D eigenvalue weighted by Crippen LogP contribution is -2.48. The highest BCUT2D eigenvalue weighted by molar-refractivity contribution is 8.14. The Morgan fingerprint density at radius 2 is 0.842 bits per heavy atom. The van der Waals surface area contributed by atoms with E-state index in [1.807, 2.05) is 0 Å². The van der Waals surface area contributed by atoms with Crippen molar-refractivity contribution in [2.75, 3.05) is 0 Å². The Hall–Kier alpha value is -2.88. The third kappa shape index (κ3) is 3.62. The molecule has 4 aliphatic rings. The van der Waals surface area contributed by atoms with Crippen molar-refractivity contribution in [3.8, 4) is 0 Å². The largest absolute Gasteiger partial charge is 0.295 e. The van der Waals surface area contributed by atoms with Crippen molar-refractivity contribution in [3.63, 3.8) is 0 Å². The number of hydrogen-bond donors (Lipinski definition) is 2. The van der Waals surface area contributed by atoms with E-state index in [1.54, 1.807) is 0 Å². The molecule has 6 rings (SSSR count). The smallest absolute Gasteiger partial charge is 0.261 e. The van der Waals surface area contributed by atoms with Gasteiger partial charge in [0.05, 0.1) is 33.7 Å². The van der Waals surface area contributed by atoms with E-state index < -0.39 is 77.7 Å². The average Bonchev–Trinajstić information content (AvgIpc) is 3.51. The molecule has 2 aromatic rings. The molecule has 4 saturated heterocycles. The predicted molar refractivity (Wildman–Crippen MR) is 129 cm³/mol. The summed E-state index contributed by atoms with van der Waals surface area (Å²) in [6, 6.07) is 6.77. The zero-order chi connectivity index (χ0) is 27.3. The fraction of sp³-hybridized carbons (Fsp3) is 0.273. The predicted octanol–water partition coefficient (Wildman–Crippen LogP) is 0.153. The molecule has 0 saturated carbocycles. The Kier molecular flexibility index (Phi) is 5.55. The maximum Gasteiger partial charge on any atom is 0.261 e. The van der Waals surface area contributed by atoms with Crippen molar-refractivity contribution < 1.29 is 36.0 Å². The number of nitrogens with zero attached hydrogens (tertiary/aromatic N) is 2. The monoisotopic (exact) mass is 598 g/mol. The third-order valence-electron chi connectivity index (χ3n) is 7.41. The number of fused-ring (bicyclic) bond motifs is 5. The lowest BCUT2D eigenvalue weighted by Gasteiger charge is -2.33. The van der Waals surface area contributed by atoms with Crippen molar-refractivity contribution in [1.29, 1.82) is 0 Å². The van der Waals surface area contributed by atoms with Crippen LogP contribution in [0.25, 0.3) is 0 Å². The number of hydrazine groups is 1. The van der Waals surface area contributed by atoms with Gasteiger partial charge in [0.2, 0.25) is 23.6 Å². The van der Waals surface area contributed by atoms with E-state index in [2.05, 4.69) is 10.6 Å². The molecule has 12 nitrogen and oxygen atoms in total. The van der Waals surface area contributed by atoms with Crippen molar-refractivity contribution in [3.05, 3.63) is 59.7 Å². The van der Waals surface area contributed by atoms with Gasteiger partial charge < -0.3 is 0 Å². The van der Waals surface area contributed by atoms with Crippen LogP contribution in [0.5, 0.6) is 0 Å². The summed E-state index contributed by atoms with van der Waals surface area (Å²) in [6.07, 6.45) is 0. The Bertz CT molecular complexity index is 1520. The van der Waals surface area contributed by atoms with E-state index in [4.69, 9.17) is 21.4 Å². The summed E-state index contributed by atoms with van der Waals surface area (Å²) in [7, 11) is 2.80. The Balaban J connectivity index is 1.52. The molecule has 6 atom stereocenters. The summed E-state index contributed by atoms with van der Waals surface area (Å²) < 4.78 is 47.0. The minimum atomic E-state index is -4.03. The van der Waals surface area contributed by atoms with Gasteiger partial charge in [-0.15, -0.1) is 0 Å². The highest BCUT2D eigenvalue weighted by Gasteiger charge is 2.71. The molecule has 4 aliphatic heterocycles. The molecule has 198 valence electrons. The van der Waals surface area contributed by atoms with Gasteiger partial charge in [0.25, 0.3) is 18.1 Å². The third-order valence-corrected chi connectivity index (χ3v) is 10.1. The molecule has 4 fully saturated rings. The Morgan fingerprint density at radius 1 is 0.526 bits per heavy atom. The van der Waals surface area contributed by atoms with Crippen LogP contribution >= 0.6 is 21.4 Å². The number of hydrogen-bond acceptors (Lipinski definition) is 10. The minimum absolute atomic E-state index is 0.179. The first kappa shape index (κ1) is 25.4. The lowest BCUT2D eigenvalue weighted by molar-refractivity contribution is -0.139. The molecule has 0 spiro atoms. The van der Waals surface area contributed by atoms with Gasteiger partial charge in [0.1, 0.15) is 12.1 Å². The van der Waals surface area contributed by atoms with Crippen LogP contribution in [0.1, 0.15) is 23.2 Å². The highest BCUT2D eigenvalue weighted by atomic mass is 35.7. The van der Waals surface area contributed by atoms with E-state index in [9.17, 15) is 36.0 Å². The van der Waals surface area contributed by atoms with Crippen LogP contribution in [0.2, 0.25) is 0 Å². The zero-order valence-corrected chi connectivity index (χ0v) is 22.0. The fourth-order valence-electron chi connectivity index (χ4n) is 6.00. The van der Waals surface area contributed by atoms with Crippen LogP contribution < -0.4 is 10.6 Å². The van der Waals surface area contributed by atoms with E-state index in [1.165, 1.54) is 58.5 Å². The van der Waals surface area contributed by atoms with Crippen molar-refractivity contribution in [2.24, 2.45) is 11.8 Å². The number of rotatable bonds is 4. The first-order chi connectivity index (χ1) is 17.8. The molecule has 6 unspecified atom stereocenters. The average molecular weight is 599 g/mol. The van der Waals surface area contributed by atoms with Gasteiger partial charge in [0, 0.05) is 21.4 Å². The van der Waals surface area contributed by atoms with E-state index in [0.29, 0.717) is 11.1 Å². The minimum Gasteiger partial charge on any atom is -0.295 e. The number of carbonyl (C=O) groups is 4. The second-order valence-electron chi connectivity index (χ2n) is 9.31. The van der Waals surface area contributed by atoms with Gasteiger partial charge in [-0.3, -0.25) is 29.8 Å². The van der Waals surface area contributed by atoms with E-state index in [-0.39, 0.29) is 9.79 Å². The second-order valence-corrected chi connectivity index (χ2v) is 14.4. The van der Waals surface area contributed by atoms with Gasteiger partial charge in [-0.05, 0) is 35.4 Å². The summed E-state index contributed by atoms with van der Waals surface area (Å²) >= 11 is 0. The SMILES string of the molecule is O=C1NC(=O)C2C1C(c1ccc(S(=O)(=O)Cl)cc1)N1C3C(=O)NC(=O)C3C(c3ccc(S(=O)(=O)Cl)cc3)N21. The Labute approximate surface area is 224 Å². The van der Waals surface area contributed by atoms with Crippen LogP contribution in [0.15, 0.2) is 58.3 Å². The molecular weight excluding hydrogens is 583 g/mol. The second kappa shape index (κ2) is 8.31. The first-order valence-corrected chi connectivity index (χ1v) is 15.8. The quantitative estimate of drug-likeness (QED) is 0.365. The lowest BCUT2D eigenvalue weighted by atomic mass is 9.84. The van der Waals surface area contributed by atoms with Gasteiger partial charge in [-0.25, -0.2) is 26.9 Å². The summed E-state index contributed by atoms with van der Waals surface area (Å²) in [5.74, 6) is -4.39. The molecule has 38 heavy (non-hydrogen) atoms. The van der Waals surface area contributed by atoms with Gasteiger partial charge in [-0.1, -0.05) is 24.3 Å². The molecule has 0 aliphatic carbocycles. The van der Waals surface area contributed by atoms with Gasteiger partial charge in [-0.2, -0.15) is 0 Å². The summed E-state index contributed by atoms with van der Waals surface area (Å²) in [5.41, 5.74) is 0.845. The van der Waals surface area contributed by atoms with Crippen molar-refractivity contribution >= 4 is 63.1 Å². The number of amides is 4. The highest BCUT2D eigenvalue weighted by Crippen LogP contribution is 2.57. The van der Waals surface area contributed by atoms with Crippen LogP contribution in [-0.4, -0.2) is 62.6 Å². The van der Waals surface area contributed by atoms with Crippen molar-refractivity contribution in [1.82, 2.24) is 20.7 Å². The van der Waals surface area contributed by atoms with Crippen LogP contribution in [-0.2, 0) is 37.3 Å². The fourth-order valence-corrected chi connectivity index (χ4v) is 7.54. The molecular formula is C22H16Cl2N4O8S2. The molecule has 16 heteroatoms. The van der Waals surface area contributed by atoms with Crippen LogP contribution in [0, 0.1) is 11.8 Å². The maximum atomic E-state index is 13.0. The van der Waals surface area contributed by atoms with Crippen molar-refractivity contribution in [2.45, 2.75) is 34.0 Å². The number of imide groups is 2. The molecule has 0 radical (unpaired) electrons. The molecule has 2 N–H and O–H groups in total. The normalized spacial score (nSPS) is 31.2. The van der Waals surface area contributed by atoms with Gasteiger partial charge in [0.15, 0.2) is 0 Å². The van der Waals surface area contributed by atoms with E-state index in [0.717, 1.165) is 0 Å². The van der Waals surface area contributed by atoms with Gasteiger partial charge >= 0.3 is 0 Å². The molecule has 2 aromatic carbocycles. The summed E-state index contributed by atoms with van der Waals surface area (Å²) in [6.45, 7) is 0. The molecule has 0 bridgehead atoms. The number of halogens is 2. The molecule has 4 amide bonds. The number of benzene rings is 2. The molecule has 4 heterocycles. The zero-order valence-electron chi connectivity index (χ0n) is 18.8. The summed E-state index contributed by atoms with van der Waals surface area (Å²) in [5, 5.41) is 7.70. The first-order valence-electron chi connectivity index (χ1n) is 11.1. The topological polar surface area (TPSA) is 167 Å². The molecule has 0 aromatic heterocycles.